The SMILES string of the molecule is Cc1noc(C)c1CN1CCN(C2NC(=O)C(F)C(c3ccccc3)N2)CC1. The molecular formula is C20H26FN5O2. The molecular weight excluding hydrogens is 361 g/mol. The average Bonchev–Trinajstić information content (AvgIpc) is 3.03. The molecule has 3 heterocycles. The number of carbonyl (C=O) groups is 1. The van der Waals surface area contributed by atoms with Gasteiger partial charge in [0.2, 0.25) is 0 Å². The van der Waals surface area contributed by atoms with Gasteiger partial charge in [-0.25, -0.2) is 4.39 Å². The highest BCUT2D eigenvalue weighted by atomic mass is 19.1. The Morgan fingerprint density at radius 2 is 1.89 bits per heavy atom. The second-order valence-electron chi connectivity index (χ2n) is 7.48. The van der Waals surface area contributed by atoms with E-state index in [1.165, 1.54) is 0 Å². The largest absolute Gasteiger partial charge is 0.361 e. The van der Waals surface area contributed by atoms with Crippen LogP contribution in [0.3, 0.4) is 0 Å². The van der Waals surface area contributed by atoms with Crippen molar-refractivity contribution in [2.45, 2.75) is 38.9 Å². The molecule has 0 radical (unpaired) electrons. The van der Waals surface area contributed by atoms with E-state index in [0.29, 0.717) is 0 Å². The highest BCUT2D eigenvalue weighted by Crippen LogP contribution is 2.24. The number of alkyl halides is 1. The molecule has 8 heteroatoms. The molecule has 2 saturated heterocycles. The van der Waals surface area contributed by atoms with Gasteiger partial charge in [0, 0.05) is 38.3 Å². The molecule has 150 valence electrons. The third-order valence-corrected chi connectivity index (χ3v) is 5.65. The number of nitrogens with one attached hydrogen (secondary N) is 2. The zero-order chi connectivity index (χ0) is 19.7. The lowest BCUT2D eigenvalue weighted by atomic mass is 10.00. The predicted molar refractivity (Wildman–Crippen MR) is 102 cm³/mol. The Kier molecular flexibility index (Phi) is 5.43. The van der Waals surface area contributed by atoms with Crippen LogP contribution in [0.2, 0.25) is 0 Å². The normalized spacial score (nSPS) is 27.0. The van der Waals surface area contributed by atoms with Gasteiger partial charge in [-0.2, -0.15) is 0 Å². The summed E-state index contributed by atoms with van der Waals surface area (Å²) >= 11 is 0. The second-order valence-corrected chi connectivity index (χ2v) is 7.48. The minimum absolute atomic E-state index is 0.370. The van der Waals surface area contributed by atoms with Gasteiger partial charge < -0.3 is 9.84 Å². The molecule has 4 rings (SSSR count). The van der Waals surface area contributed by atoms with Gasteiger partial charge in [0.25, 0.3) is 5.91 Å². The van der Waals surface area contributed by atoms with Gasteiger partial charge in [-0.3, -0.25) is 19.9 Å². The zero-order valence-corrected chi connectivity index (χ0v) is 16.2. The first-order chi connectivity index (χ1) is 13.5. The summed E-state index contributed by atoms with van der Waals surface area (Å²) in [6.07, 6.45) is -1.97. The first-order valence-electron chi connectivity index (χ1n) is 9.66. The van der Waals surface area contributed by atoms with Crippen molar-refractivity contribution < 1.29 is 13.7 Å². The lowest BCUT2D eigenvalue weighted by Crippen LogP contribution is -2.67. The lowest BCUT2D eigenvalue weighted by molar-refractivity contribution is -0.134. The summed E-state index contributed by atoms with van der Waals surface area (Å²) in [7, 11) is 0. The summed E-state index contributed by atoms with van der Waals surface area (Å²) in [5.41, 5.74) is 2.86. The first kappa shape index (κ1) is 19.0. The van der Waals surface area contributed by atoms with Crippen LogP contribution in [0.25, 0.3) is 0 Å². The van der Waals surface area contributed by atoms with E-state index in [9.17, 15) is 9.18 Å². The highest BCUT2D eigenvalue weighted by molar-refractivity contribution is 5.82. The van der Waals surface area contributed by atoms with Crippen molar-refractivity contribution in [3.05, 3.63) is 52.9 Å². The first-order valence-corrected chi connectivity index (χ1v) is 9.66. The summed E-state index contributed by atoms with van der Waals surface area (Å²) < 4.78 is 19.7. The number of aromatic nitrogens is 1. The van der Waals surface area contributed by atoms with E-state index in [0.717, 1.165) is 55.3 Å². The fourth-order valence-corrected chi connectivity index (χ4v) is 3.92. The van der Waals surface area contributed by atoms with Gasteiger partial charge in [0.1, 0.15) is 12.0 Å². The van der Waals surface area contributed by atoms with Gasteiger partial charge in [-0.15, -0.1) is 0 Å². The third-order valence-electron chi connectivity index (χ3n) is 5.65. The van der Waals surface area contributed by atoms with Crippen LogP contribution < -0.4 is 10.6 Å². The number of halogens is 1. The van der Waals surface area contributed by atoms with E-state index in [-0.39, 0.29) is 6.29 Å². The summed E-state index contributed by atoms with van der Waals surface area (Å²) in [5.74, 6) is 0.302. The van der Waals surface area contributed by atoms with Gasteiger partial charge in [0.15, 0.2) is 6.17 Å². The van der Waals surface area contributed by atoms with Crippen LogP contribution >= 0.6 is 0 Å². The molecule has 2 aliphatic rings. The maximum Gasteiger partial charge on any atom is 0.258 e. The maximum absolute atomic E-state index is 14.5. The minimum Gasteiger partial charge on any atom is -0.361 e. The maximum atomic E-state index is 14.5. The summed E-state index contributed by atoms with van der Waals surface area (Å²) in [6.45, 7) is 7.96. The number of benzene rings is 1. The molecule has 7 nitrogen and oxygen atoms in total. The van der Waals surface area contributed by atoms with Gasteiger partial charge in [-0.1, -0.05) is 35.5 Å². The van der Waals surface area contributed by atoms with Crippen molar-refractivity contribution in [2.24, 2.45) is 0 Å². The smallest absolute Gasteiger partial charge is 0.258 e. The van der Waals surface area contributed by atoms with Crippen LogP contribution in [0.1, 0.15) is 28.6 Å². The second kappa shape index (κ2) is 7.98. The lowest BCUT2D eigenvalue weighted by Gasteiger charge is -2.43. The van der Waals surface area contributed by atoms with E-state index >= 15 is 0 Å². The Hall–Kier alpha value is -2.29. The third kappa shape index (κ3) is 3.80. The quantitative estimate of drug-likeness (QED) is 0.828. The van der Waals surface area contributed by atoms with Crippen LogP contribution in [-0.2, 0) is 11.3 Å². The number of hydrogen-bond acceptors (Lipinski definition) is 6. The topological polar surface area (TPSA) is 73.6 Å². The van der Waals surface area contributed by atoms with Crippen molar-refractivity contribution in [3.63, 3.8) is 0 Å². The van der Waals surface area contributed by atoms with E-state index in [1.54, 1.807) is 0 Å². The molecule has 0 aliphatic carbocycles. The van der Waals surface area contributed by atoms with Crippen molar-refractivity contribution >= 4 is 5.91 Å². The number of piperazine rings is 1. The van der Waals surface area contributed by atoms with Gasteiger partial charge >= 0.3 is 0 Å². The zero-order valence-electron chi connectivity index (χ0n) is 16.2. The Morgan fingerprint density at radius 3 is 2.54 bits per heavy atom. The Morgan fingerprint density at radius 1 is 1.18 bits per heavy atom. The van der Waals surface area contributed by atoms with Crippen LogP contribution in [0.5, 0.6) is 0 Å². The number of rotatable bonds is 4. The monoisotopic (exact) mass is 387 g/mol. The standard InChI is InChI=1S/C20H26FN5O2/c1-13-16(14(2)28-24-13)12-25-8-10-26(11-9-25)20-22-18(17(21)19(27)23-20)15-6-4-3-5-7-15/h3-7,17-18,20,22H,8-12H2,1-2H3,(H,23,27). The van der Waals surface area contributed by atoms with Crippen LogP contribution in [-0.4, -0.2) is 59.5 Å². The van der Waals surface area contributed by atoms with Gasteiger partial charge in [0.05, 0.1) is 11.7 Å². The molecule has 2 N–H and O–H groups in total. The molecule has 0 spiro atoms. The minimum atomic E-state index is -1.60. The van der Waals surface area contributed by atoms with E-state index in [2.05, 4.69) is 25.6 Å². The molecule has 2 aromatic rings. The van der Waals surface area contributed by atoms with Crippen LogP contribution in [0.4, 0.5) is 4.39 Å². The predicted octanol–water partition coefficient (Wildman–Crippen LogP) is 1.49. The van der Waals surface area contributed by atoms with E-state index in [1.807, 2.05) is 44.2 Å². The molecule has 3 unspecified atom stereocenters. The molecule has 2 aliphatic heterocycles. The van der Waals surface area contributed by atoms with Gasteiger partial charge in [-0.05, 0) is 19.4 Å². The number of carbonyl (C=O) groups excluding carboxylic acids is 1. The van der Waals surface area contributed by atoms with Crippen molar-refractivity contribution in [2.75, 3.05) is 26.2 Å². The summed E-state index contributed by atoms with van der Waals surface area (Å²) in [6, 6.07) is 8.66. The molecule has 0 saturated carbocycles. The molecule has 1 aromatic carbocycles. The number of nitrogens with zero attached hydrogens (tertiary/aromatic N) is 3. The van der Waals surface area contributed by atoms with E-state index in [4.69, 9.17) is 4.52 Å². The van der Waals surface area contributed by atoms with Crippen LogP contribution in [0.15, 0.2) is 34.9 Å². The molecule has 3 atom stereocenters. The molecule has 1 aromatic heterocycles. The number of amides is 1. The summed E-state index contributed by atoms with van der Waals surface area (Å²) in [5, 5.41) is 10.1. The fourth-order valence-electron chi connectivity index (χ4n) is 3.92. The van der Waals surface area contributed by atoms with Crippen molar-refractivity contribution in [3.8, 4) is 0 Å². The molecule has 1 amide bonds. The average molecular weight is 387 g/mol. The number of hydrogen-bond donors (Lipinski definition) is 2. The Bertz CT molecular complexity index is 800. The van der Waals surface area contributed by atoms with Crippen molar-refractivity contribution in [1.82, 2.24) is 25.6 Å². The molecule has 28 heavy (non-hydrogen) atoms. The fraction of sp³-hybridized carbons (Fsp3) is 0.500. The van der Waals surface area contributed by atoms with Crippen molar-refractivity contribution in [1.29, 1.82) is 0 Å². The van der Waals surface area contributed by atoms with Crippen LogP contribution in [0, 0.1) is 13.8 Å². The molecule has 2 fully saturated rings. The summed E-state index contributed by atoms with van der Waals surface area (Å²) in [4.78, 5) is 16.7. The Labute approximate surface area is 163 Å². The highest BCUT2D eigenvalue weighted by Gasteiger charge is 2.39. The molecule has 0 bridgehead atoms. The Balaban J connectivity index is 1.38. The van der Waals surface area contributed by atoms with E-state index < -0.39 is 18.1 Å². The number of aryl methyl sites for hydroxylation is 2.